The van der Waals surface area contributed by atoms with Gasteiger partial charge in [0.15, 0.2) is 0 Å². The number of piperidine rings is 1. The predicted molar refractivity (Wildman–Crippen MR) is 169 cm³/mol. The molecule has 1 amide bonds. The Morgan fingerprint density at radius 3 is 2.33 bits per heavy atom. The number of hydrogen-bond donors (Lipinski definition) is 2. The molecule has 1 saturated heterocycles. The lowest BCUT2D eigenvalue weighted by molar-refractivity contribution is -0.161. The smallest absolute Gasteiger partial charge is 0.304 e. The number of hydrogen-bond acceptors (Lipinski definition) is 4. The first-order valence-corrected chi connectivity index (χ1v) is 16.9. The summed E-state index contributed by atoms with van der Waals surface area (Å²) < 4.78 is 29.2. The van der Waals surface area contributed by atoms with E-state index in [0.717, 1.165) is 29.5 Å². The van der Waals surface area contributed by atoms with Crippen molar-refractivity contribution < 1.29 is 23.1 Å². The third-order valence-electron chi connectivity index (χ3n) is 8.67. The lowest BCUT2D eigenvalue weighted by atomic mass is 9.67. The molecule has 7 nitrogen and oxygen atoms in total. The number of nitrogens with zero attached hydrogens (tertiary/aromatic N) is 1. The lowest BCUT2D eigenvalue weighted by Crippen LogP contribution is -2.59. The number of amides is 1. The SMILES string of the molecule is CC1(CC(=O)O)CC(c2cccc(Cl)c2)C(c2ccc(Cl)cc2)N(C(CNS(=O)(=O)CCc2ccccc2)C2CC2)C1=O. The first kappa shape index (κ1) is 31.5. The van der Waals surface area contributed by atoms with E-state index in [1.165, 1.54) is 0 Å². The van der Waals surface area contributed by atoms with Gasteiger partial charge < -0.3 is 10.0 Å². The summed E-state index contributed by atoms with van der Waals surface area (Å²) in [6.45, 7) is 1.75. The predicted octanol–water partition coefficient (Wildman–Crippen LogP) is 6.47. The highest BCUT2D eigenvalue weighted by Crippen LogP contribution is 2.54. The zero-order chi connectivity index (χ0) is 30.8. The Labute approximate surface area is 263 Å². The van der Waals surface area contributed by atoms with Gasteiger partial charge in [-0.1, -0.05) is 84.7 Å². The fraction of sp³-hybridized carbons (Fsp3) is 0.394. The van der Waals surface area contributed by atoms with E-state index in [0.29, 0.717) is 22.9 Å². The van der Waals surface area contributed by atoms with Gasteiger partial charge in [0.1, 0.15) is 0 Å². The van der Waals surface area contributed by atoms with Gasteiger partial charge in [-0.05, 0) is 72.6 Å². The Kier molecular flexibility index (Phi) is 9.52. The van der Waals surface area contributed by atoms with Crippen molar-refractivity contribution in [2.24, 2.45) is 11.3 Å². The number of benzene rings is 3. The quantitative estimate of drug-likeness (QED) is 0.236. The van der Waals surface area contributed by atoms with Crippen molar-refractivity contribution in [1.82, 2.24) is 9.62 Å². The van der Waals surface area contributed by atoms with Gasteiger partial charge in [0.2, 0.25) is 15.9 Å². The number of aryl methyl sites for hydroxylation is 1. The third kappa shape index (κ3) is 7.60. The maximum atomic E-state index is 14.5. The minimum absolute atomic E-state index is 0.0447. The summed E-state index contributed by atoms with van der Waals surface area (Å²) in [5, 5.41) is 11.0. The number of halogens is 2. The average molecular weight is 644 g/mol. The number of carboxylic acids is 1. The molecule has 1 aliphatic heterocycles. The van der Waals surface area contributed by atoms with Gasteiger partial charge in [-0.15, -0.1) is 0 Å². The second kappa shape index (κ2) is 13.0. The van der Waals surface area contributed by atoms with Crippen LogP contribution in [0.15, 0.2) is 78.9 Å². The molecule has 4 atom stereocenters. The zero-order valence-electron chi connectivity index (χ0n) is 24.0. The highest BCUT2D eigenvalue weighted by Gasteiger charge is 2.54. The molecule has 0 bridgehead atoms. The second-order valence-corrected chi connectivity index (χ2v) is 14.8. The topological polar surface area (TPSA) is 104 Å². The van der Waals surface area contributed by atoms with Crippen molar-refractivity contribution in [1.29, 1.82) is 0 Å². The van der Waals surface area contributed by atoms with Crippen LogP contribution in [0.25, 0.3) is 0 Å². The molecule has 4 unspecified atom stereocenters. The van der Waals surface area contributed by atoms with E-state index in [1.807, 2.05) is 60.7 Å². The van der Waals surface area contributed by atoms with Gasteiger partial charge in [-0.25, -0.2) is 13.1 Å². The fourth-order valence-corrected chi connectivity index (χ4v) is 7.80. The van der Waals surface area contributed by atoms with Crippen LogP contribution in [-0.4, -0.2) is 48.6 Å². The van der Waals surface area contributed by atoms with Gasteiger partial charge in [0, 0.05) is 28.5 Å². The average Bonchev–Trinajstić information content (AvgIpc) is 3.80. The van der Waals surface area contributed by atoms with Crippen LogP contribution in [0.2, 0.25) is 10.0 Å². The van der Waals surface area contributed by atoms with Crippen LogP contribution in [-0.2, 0) is 26.0 Å². The summed E-state index contributed by atoms with van der Waals surface area (Å²) in [5.41, 5.74) is 1.45. The third-order valence-corrected chi connectivity index (χ3v) is 10.5. The maximum absolute atomic E-state index is 14.5. The molecule has 1 heterocycles. The molecule has 2 N–H and O–H groups in total. The monoisotopic (exact) mass is 642 g/mol. The first-order valence-electron chi connectivity index (χ1n) is 14.5. The van der Waals surface area contributed by atoms with Gasteiger partial charge >= 0.3 is 5.97 Å². The Morgan fingerprint density at radius 2 is 1.70 bits per heavy atom. The van der Waals surface area contributed by atoms with Crippen LogP contribution in [0.3, 0.4) is 0 Å². The number of carboxylic acid groups (broad SMARTS) is 1. The molecule has 0 spiro atoms. The summed E-state index contributed by atoms with van der Waals surface area (Å²) >= 11 is 12.7. The number of rotatable bonds is 12. The van der Waals surface area contributed by atoms with Crippen LogP contribution in [0.5, 0.6) is 0 Å². The molecule has 1 aliphatic carbocycles. The largest absolute Gasteiger partial charge is 0.481 e. The maximum Gasteiger partial charge on any atom is 0.304 e. The van der Waals surface area contributed by atoms with E-state index in [1.54, 1.807) is 30.0 Å². The molecular formula is C33H36Cl2N2O5S. The highest BCUT2D eigenvalue weighted by molar-refractivity contribution is 7.89. The number of nitrogens with one attached hydrogen (secondary N) is 1. The van der Waals surface area contributed by atoms with Crippen molar-refractivity contribution in [3.05, 3.63) is 106 Å². The number of likely N-dealkylation sites (tertiary alicyclic amines) is 1. The van der Waals surface area contributed by atoms with Crippen molar-refractivity contribution in [3.63, 3.8) is 0 Å². The Bertz CT molecular complexity index is 1560. The van der Waals surface area contributed by atoms with Crippen molar-refractivity contribution in [2.75, 3.05) is 12.3 Å². The first-order chi connectivity index (χ1) is 20.5. The van der Waals surface area contributed by atoms with Crippen LogP contribution in [0, 0.1) is 11.3 Å². The minimum atomic E-state index is -3.66. The molecule has 1 saturated carbocycles. The second-order valence-electron chi connectivity index (χ2n) is 12.0. The minimum Gasteiger partial charge on any atom is -0.481 e. The van der Waals surface area contributed by atoms with E-state index < -0.39 is 33.5 Å². The van der Waals surface area contributed by atoms with E-state index in [9.17, 15) is 23.1 Å². The number of aliphatic carboxylic acids is 1. The summed E-state index contributed by atoms with van der Waals surface area (Å²) in [6, 6.07) is 23.3. The van der Waals surface area contributed by atoms with Crippen LogP contribution >= 0.6 is 23.2 Å². The molecule has 0 radical (unpaired) electrons. The molecule has 43 heavy (non-hydrogen) atoms. The van der Waals surface area contributed by atoms with Gasteiger partial charge in [0.25, 0.3) is 0 Å². The Morgan fingerprint density at radius 1 is 1.00 bits per heavy atom. The van der Waals surface area contributed by atoms with E-state index in [4.69, 9.17) is 23.2 Å². The van der Waals surface area contributed by atoms with Crippen LogP contribution < -0.4 is 4.72 Å². The molecule has 228 valence electrons. The normalized spacial score (nSPS) is 23.2. The lowest BCUT2D eigenvalue weighted by Gasteiger charge is -2.52. The van der Waals surface area contributed by atoms with Crippen molar-refractivity contribution >= 4 is 45.1 Å². The van der Waals surface area contributed by atoms with E-state index >= 15 is 0 Å². The summed E-state index contributed by atoms with van der Waals surface area (Å²) in [7, 11) is -3.66. The standard InChI is InChI=1S/C33H36Cl2N2O5S/c1-33(20-30(38)39)19-28(25-8-5-9-27(35)18-25)31(24-12-14-26(34)15-13-24)37(32(33)40)29(23-10-11-23)21-36-43(41,42)17-16-22-6-3-2-4-7-22/h2-9,12-15,18,23,28-29,31,36H,10-11,16-17,19-21H2,1H3,(H,38,39). The van der Waals surface area contributed by atoms with Gasteiger partial charge in [-0.3, -0.25) is 9.59 Å². The van der Waals surface area contributed by atoms with Gasteiger partial charge in [0.05, 0.1) is 23.6 Å². The number of carbonyl (C=O) groups excluding carboxylic acids is 1. The Hall–Kier alpha value is -2.91. The molecule has 5 rings (SSSR count). The van der Waals surface area contributed by atoms with Gasteiger partial charge in [-0.2, -0.15) is 0 Å². The number of sulfonamides is 1. The number of carbonyl (C=O) groups is 2. The molecule has 0 aromatic heterocycles. The molecular weight excluding hydrogens is 607 g/mol. The molecule has 2 aliphatic rings. The Balaban J connectivity index is 1.53. The molecule has 3 aromatic carbocycles. The highest BCUT2D eigenvalue weighted by atomic mass is 35.5. The fourth-order valence-electron chi connectivity index (χ4n) is 6.40. The van der Waals surface area contributed by atoms with E-state index in [-0.39, 0.29) is 36.5 Å². The molecule has 3 aromatic rings. The van der Waals surface area contributed by atoms with E-state index in [2.05, 4.69) is 4.72 Å². The van der Waals surface area contributed by atoms with Crippen LogP contribution in [0.4, 0.5) is 0 Å². The molecule has 2 fully saturated rings. The summed E-state index contributed by atoms with van der Waals surface area (Å²) in [5.74, 6) is -1.63. The van der Waals surface area contributed by atoms with Crippen molar-refractivity contribution in [2.45, 2.75) is 57.0 Å². The van der Waals surface area contributed by atoms with Crippen molar-refractivity contribution in [3.8, 4) is 0 Å². The molecule has 10 heteroatoms. The van der Waals surface area contributed by atoms with Crippen LogP contribution in [0.1, 0.15) is 61.3 Å². The summed E-state index contributed by atoms with van der Waals surface area (Å²) in [6.07, 6.45) is 2.03. The summed E-state index contributed by atoms with van der Waals surface area (Å²) in [4.78, 5) is 28.4. The zero-order valence-corrected chi connectivity index (χ0v) is 26.3.